The number of amides is 3. The predicted octanol–water partition coefficient (Wildman–Crippen LogP) is -2.23. The Morgan fingerprint density at radius 3 is 2.52 bits per heavy atom. The maximum Gasteiger partial charge on any atom is 0.326 e. The molecular formula is C12H20N4O5. The van der Waals surface area contributed by atoms with E-state index in [4.69, 9.17) is 16.6 Å². The smallest absolute Gasteiger partial charge is 0.326 e. The van der Waals surface area contributed by atoms with Crippen molar-refractivity contribution in [2.75, 3.05) is 13.1 Å². The fraction of sp³-hybridized carbons (Fsp3) is 0.667. The van der Waals surface area contributed by atoms with Gasteiger partial charge < -0.3 is 26.8 Å². The first-order valence-electron chi connectivity index (χ1n) is 6.67. The van der Waals surface area contributed by atoms with Crippen LogP contribution >= 0.6 is 0 Å². The second-order valence-electron chi connectivity index (χ2n) is 4.85. The van der Waals surface area contributed by atoms with Crippen LogP contribution in [0.15, 0.2) is 0 Å². The number of nitrogens with two attached hydrogens (primary N) is 2. The van der Waals surface area contributed by atoms with Crippen LogP contribution in [0.25, 0.3) is 0 Å². The molecule has 3 amide bonds. The van der Waals surface area contributed by atoms with E-state index in [2.05, 4.69) is 5.32 Å². The van der Waals surface area contributed by atoms with Crippen LogP contribution in [0.3, 0.4) is 0 Å². The van der Waals surface area contributed by atoms with Crippen LogP contribution in [0.4, 0.5) is 0 Å². The molecule has 0 aromatic rings. The Kier molecular flexibility index (Phi) is 6.10. The van der Waals surface area contributed by atoms with Gasteiger partial charge in [0.2, 0.25) is 17.7 Å². The zero-order chi connectivity index (χ0) is 16.0. The third-order valence-corrected chi connectivity index (χ3v) is 3.34. The van der Waals surface area contributed by atoms with E-state index in [-0.39, 0.29) is 25.3 Å². The lowest BCUT2D eigenvalue weighted by Gasteiger charge is -2.25. The Labute approximate surface area is 121 Å². The lowest BCUT2D eigenvalue weighted by atomic mass is 10.1. The molecule has 1 aliphatic heterocycles. The lowest BCUT2D eigenvalue weighted by Crippen LogP contribution is -2.52. The minimum absolute atomic E-state index is 0.0893. The highest BCUT2D eigenvalue weighted by atomic mass is 16.4. The Hall–Kier alpha value is -2.16. The van der Waals surface area contributed by atoms with Gasteiger partial charge in [-0.15, -0.1) is 0 Å². The van der Waals surface area contributed by atoms with Crippen LogP contribution in [-0.2, 0) is 19.2 Å². The van der Waals surface area contributed by atoms with Crippen LogP contribution in [0, 0.1) is 0 Å². The second-order valence-corrected chi connectivity index (χ2v) is 4.85. The third kappa shape index (κ3) is 4.71. The van der Waals surface area contributed by atoms with Gasteiger partial charge in [-0.05, 0) is 19.3 Å². The zero-order valence-corrected chi connectivity index (χ0v) is 11.6. The Bertz CT molecular complexity index is 439. The summed E-state index contributed by atoms with van der Waals surface area (Å²) in [6, 6.07) is -1.92. The van der Waals surface area contributed by atoms with Crippen LogP contribution in [0.5, 0.6) is 0 Å². The molecule has 0 aromatic heterocycles. The number of nitrogens with zero attached hydrogens (tertiary/aromatic N) is 1. The van der Waals surface area contributed by atoms with Crippen LogP contribution in [0.2, 0.25) is 0 Å². The van der Waals surface area contributed by atoms with Gasteiger partial charge in [-0.2, -0.15) is 0 Å². The van der Waals surface area contributed by atoms with Gasteiger partial charge in [0.05, 0.1) is 6.54 Å². The molecule has 6 N–H and O–H groups in total. The highest BCUT2D eigenvalue weighted by molar-refractivity contribution is 5.91. The minimum Gasteiger partial charge on any atom is -0.480 e. The van der Waals surface area contributed by atoms with E-state index in [1.54, 1.807) is 0 Å². The summed E-state index contributed by atoms with van der Waals surface area (Å²) in [5, 5.41) is 11.4. The summed E-state index contributed by atoms with van der Waals surface area (Å²) in [5.74, 6) is -2.79. The van der Waals surface area contributed by atoms with Crippen molar-refractivity contribution in [2.24, 2.45) is 11.5 Å². The number of carbonyl (C=O) groups is 4. The molecule has 1 rings (SSSR count). The molecule has 118 valence electrons. The minimum atomic E-state index is -1.25. The normalized spacial score (nSPS) is 19.1. The van der Waals surface area contributed by atoms with Gasteiger partial charge in [0.25, 0.3) is 0 Å². The molecule has 21 heavy (non-hydrogen) atoms. The highest BCUT2D eigenvalue weighted by Crippen LogP contribution is 2.17. The van der Waals surface area contributed by atoms with E-state index >= 15 is 0 Å². The standard InChI is InChI=1S/C12H20N4O5/c13-6-10(18)16-5-1-2-8(16)11(19)15-7(12(20)21)3-4-9(14)17/h7-8H,1-6,13H2,(H2,14,17)(H,15,19)(H,20,21)/t7-,8-/m0/s1. The molecule has 9 nitrogen and oxygen atoms in total. The van der Waals surface area contributed by atoms with E-state index < -0.39 is 29.9 Å². The monoisotopic (exact) mass is 300 g/mol. The number of rotatable bonds is 7. The van der Waals surface area contributed by atoms with E-state index in [9.17, 15) is 19.2 Å². The fourth-order valence-electron chi connectivity index (χ4n) is 2.27. The topological polar surface area (TPSA) is 156 Å². The van der Waals surface area contributed by atoms with Crippen molar-refractivity contribution in [1.29, 1.82) is 0 Å². The molecule has 0 unspecified atom stereocenters. The van der Waals surface area contributed by atoms with Crippen LogP contribution in [0.1, 0.15) is 25.7 Å². The predicted molar refractivity (Wildman–Crippen MR) is 71.8 cm³/mol. The van der Waals surface area contributed by atoms with Gasteiger partial charge >= 0.3 is 5.97 Å². The lowest BCUT2D eigenvalue weighted by molar-refractivity contribution is -0.143. The summed E-state index contributed by atoms with van der Waals surface area (Å²) in [6.07, 6.45) is 0.879. The van der Waals surface area contributed by atoms with Crippen LogP contribution in [-0.4, -0.2) is 58.9 Å². The molecule has 1 heterocycles. The number of hydrogen-bond donors (Lipinski definition) is 4. The van der Waals surface area contributed by atoms with Crippen molar-refractivity contribution < 1.29 is 24.3 Å². The Balaban J connectivity index is 2.66. The molecule has 0 aromatic carbocycles. The number of hydrogen-bond acceptors (Lipinski definition) is 5. The van der Waals surface area contributed by atoms with Gasteiger partial charge in [0.15, 0.2) is 0 Å². The van der Waals surface area contributed by atoms with Crippen molar-refractivity contribution >= 4 is 23.7 Å². The first-order valence-corrected chi connectivity index (χ1v) is 6.67. The molecule has 2 atom stereocenters. The molecular weight excluding hydrogens is 280 g/mol. The van der Waals surface area contributed by atoms with Gasteiger partial charge in [-0.3, -0.25) is 14.4 Å². The molecule has 1 saturated heterocycles. The summed E-state index contributed by atoms with van der Waals surface area (Å²) < 4.78 is 0. The SMILES string of the molecule is NCC(=O)N1CCC[C@H]1C(=O)N[C@@H](CCC(N)=O)C(=O)O. The number of carboxylic acid groups (broad SMARTS) is 1. The van der Waals surface area contributed by atoms with Crippen molar-refractivity contribution in [3.8, 4) is 0 Å². The van der Waals surface area contributed by atoms with Gasteiger partial charge in [-0.25, -0.2) is 4.79 Å². The quantitative estimate of drug-likeness (QED) is 0.417. The maximum atomic E-state index is 12.1. The summed E-state index contributed by atoms with van der Waals surface area (Å²) in [4.78, 5) is 46.8. The van der Waals surface area contributed by atoms with Crippen molar-refractivity contribution in [2.45, 2.75) is 37.8 Å². The summed E-state index contributed by atoms with van der Waals surface area (Å²) >= 11 is 0. The zero-order valence-electron chi connectivity index (χ0n) is 11.6. The van der Waals surface area contributed by atoms with Crippen LogP contribution < -0.4 is 16.8 Å². The molecule has 1 aliphatic rings. The number of carboxylic acids is 1. The number of carbonyl (C=O) groups excluding carboxylic acids is 3. The summed E-state index contributed by atoms with van der Waals surface area (Å²) in [7, 11) is 0. The average molecular weight is 300 g/mol. The van der Waals surface area contributed by atoms with E-state index in [1.807, 2.05) is 0 Å². The number of nitrogens with one attached hydrogen (secondary N) is 1. The molecule has 1 fully saturated rings. The summed E-state index contributed by atoms with van der Waals surface area (Å²) in [5.41, 5.74) is 10.2. The number of aliphatic carboxylic acids is 1. The molecule has 0 bridgehead atoms. The molecule has 0 spiro atoms. The van der Waals surface area contributed by atoms with Gasteiger partial charge in [-0.1, -0.05) is 0 Å². The number of likely N-dealkylation sites (tertiary alicyclic amines) is 1. The highest BCUT2D eigenvalue weighted by Gasteiger charge is 2.35. The number of primary amides is 1. The van der Waals surface area contributed by atoms with E-state index in [0.717, 1.165) is 0 Å². The first-order chi connectivity index (χ1) is 9.86. The van der Waals surface area contributed by atoms with Gasteiger partial charge in [0, 0.05) is 13.0 Å². The summed E-state index contributed by atoms with van der Waals surface area (Å²) in [6.45, 7) is 0.223. The Morgan fingerprint density at radius 1 is 1.33 bits per heavy atom. The largest absolute Gasteiger partial charge is 0.480 e. The van der Waals surface area contributed by atoms with E-state index in [1.165, 1.54) is 4.90 Å². The van der Waals surface area contributed by atoms with Crippen molar-refractivity contribution in [3.05, 3.63) is 0 Å². The van der Waals surface area contributed by atoms with E-state index in [0.29, 0.717) is 19.4 Å². The molecule has 0 radical (unpaired) electrons. The van der Waals surface area contributed by atoms with Gasteiger partial charge in [0.1, 0.15) is 12.1 Å². The first kappa shape index (κ1) is 16.9. The Morgan fingerprint density at radius 2 is 2.00 bits per heavy atom. The maximum absolute atomic E-state index is 12.1. The molecule has 9 heteroatoms. The molecule has 0 saturated carbocycles. The van der Waals surface area contributed by atoms with Crippen molar-refractivity contribution in [1.82, 2.24) is 10.2 Å². The fourth-order valence-corrected chi connectivity index (χ4v) is 2.27. The van der Waals surface area contributed by atoms with Crippen molar-refractivity contribution in [3.63, 3.8) is 0 Å². The molecule has 0 aliphatic carbocycles. The average Bonchev–Trinajstić information content (AvgIpc) is 2.91. The third-order valence-electron chi connectivity index (χ3n) is 3.34. The second kappa shape index (κ2) is 7.58.